The number of rotatable bonds is 17. The molecular formula is C32H45N5O8. The number of aromatic nitrogens is 1. The van der Waals surface area contributed by atoms with Crippen LogP contribution in [0.2, 0.25) is 0 Å². The summed E-state index contributed by atoms with van der Waals surface area (Å²) < 4.78 is 21.4. The number of amides is 3. The van der Waals surface area contributed by atoms with Crippen molar-refractivity contribution in [3.63, 3.8) is 0 Å². The monoisotopic (exact) mass is 627 g/mol. The number of Topliss-reactive ketones (excluding diaryl/α,β-unsaturated/α-hetero) is 1. The average molecular weight is 628 g/mol. The summed E-state index contributed by atoms with van der Waals surface area (Å²) in [4.78, 5) is 55.5. The predicted molar refractivity (Wildman–Crippen MR) is 163 cm³/mol. The van der Waals surface area contributed by atoms with E-state index in [-0.39, 0.29) is 30.4 Å². The summed E-state index contributed by atoms with van der Waals surface area (Å²) in [7, 11) is 1.41. The number of morpholine rings is 1. The van der Waals surface area contributed by atoms with Crippen LogP contribution < -0.4 is 16.0 Å². The molecule has 3 N–H and O–H groups in total. The Bertz CT molecular complexity index is 1290. The van der Waals surface area contributed by atoms with Crippen LogP contribution >= 0.6 is 0 Å². The Labute approximate surface area is 263 Å². The maximum Gasteiger partial charge on any atom is 0.274 e. The van der Waals surface area contributed by atoms with E-state index >= 15 is 0 Å². The fourth-order valence-corrected chi connectivity index (χ4v) is 5.15. The number of carbonyl (C=O) groups is 4. The molecule has 3 amide bonds. The van der Waals surface area contributed by atoms with Crippen molar-refractivity contribution >= 4 is 23.5 Å². The standard InChI is InChI=1S/C32H45N5O8/c1-21(2)16-25(28(38)32(3)20-44-32)34-31(41)27(19-42-4)35-29(39)24(11-10-22-8-6-5-7-9-22)33-30(40)26-17-23(45-36-26)18-37-12-14-43-15-13-37/h5-9,17,21,24-25,27H,10-16,18-20H2,1-4H3,(H,33,40)(H,34,41)(H,35,39). The number of ether oxygens (including phenoxy) is 3. The summed E-state index contributed by atoms with van der Waals surface area (Å²) in [6.45, 7) is 9.02. The average Bonchev–Trinajstić information content (AvgIpc) is 3.61. The molecule has 4 rings (SSSR count). The molecular weight excluding hydrogens is 582 g/mol. The van der Waals surface area contributed by atoms with E-state index in [0.717, 1.165) is 18.7 Å². The van der Waals surface area contributed by atoms with Crippen molar-refractivity contribution in [2.24, 2.45) is 5.92 Å². The third-order valence-corrected chi connectivity index (χ3v) is 7.87. The number of nitrogens with zero attached hydrogens (tertiary/aromatic N) is 2. The van der Waals surface area contributed by atoms with Gasteiger partial charge in [0.05, 0.1) is 39.0 Å². The third kappa shape index (κ3) is 10.2. The number of benzene rings is 1. The second-order valence-electron chi connectivity index (χ2n) is 12.2. The third-order valence-electron chi connectivity index (χ3n) is 7.87. The van der Waals surface area contributed by atoms with Gasteiger partial charge in [0.15, 0.2) is 17.2 Å². The molecule has 0 radical (unpaired) electrons. The molecule has 45 heavy (non-hydrogen) atoms. The van der Waals surface area contributed by atoms with Crippen LogP contribution in [-0.2, 0) is 41.6 Å². The first kappa shape index (κ1) is 34.2. The molecule has 2 aliphatic rings. The lowest BCUT2D eigenvalue weighted by molar-refractivity contribution is -0.134. The number of hydrogen-bond acceptors (Lipinski definition) is 10. The van der Waals surface area contributed by atoms with Crippen molar-refractivity contribution in [2.45, 2.75) is 70.3 Å². The van der Waals surface area contributed by atoms with Gasteiger partial charge in [0.2, 0.25) is 11.8 Å². The van der Waals surface area contributed by atoms with Gasteiger partial charge in [0.25, 0.3) is 5.91 Å². The van der Waals surface area contributed by atoms with Gasteiger partial charge < -0.3 is 34.7 Å². The van der Waals surface area contributed by atoms with E-state index < -0.39 is 41.4 Å². The Kier molecular flexibility index (Phi) is 12.2. The van der Waals surface area contributed by atoms with Gasteiger partial charge in [-0.1, -0.05) is 49.3 Å². The number of ketones is 1. The van der Waals surface area contributed by atoms with Crippen molar-refractivity contribution in [3.8, 4) is 0 Å². The summed E-state index contributed by atoms with van der Waals surface area (Å²) in [6, 6.07) is 8.23. The van der Waals surface area contributed by atoms with E-state index in [9.17, 15) is 19.2 Å². The SMILES string of the molecule is COCC(NC(=O)C(CCc1ccccc1)NC(=O)c1cc(CN2CCOCC2)on1)C(=O)NC(CC(C)C)C(=O)C1(C)CO1. The highest BCUT2D eigenvalue weighted by molar-refractivity contribution is 5.99. The quantitative estimate of drug-likeness (QED) is 0.218. The highest BCUT2D eigenvalue weighted by Gasteiger charge is 2.50. The van der Waals surface area contributed by atoms with Gasteiger partial charge in [-0.3, -0.25) is 24.1 Å². The molecule has 246 valence electrons. The molecule has 3 heterocycles. The van der Waals surface area contributed by atoms with Crippen LogP contribution in [0.25, 0.3) is 0 Å². The van der Waals surface area contributed by atoms with Gasteiger partial charge in [-0.05, 0) is 37.7 Å². The Balaban J connectivity index is 1.44. The van der Waals surface area contributed by atoms with E-state index in [0.29, 0.717) is 45.0 Å². The molecule has 0 saturated carbocycles. The highest BCUT2D eigenvalue weighted by Crippen LogP contribution is 2.29. The normalized spacial score (nSPS) is 20.2. The molecule has 2 saturated heterocycles. The number of hydrogen-bond donors (Lipinski definition) is 3. The fraction of sp³-hybridized carbons (Fsp3) is 0.594. The van der Waals surface area contributed by atoms with Gasteiger partial charge in [0.1, 0.15) is 17.7 Å². The minimum Gasteiger partial charge on any atom is -0.382 e. The topological polar surface area (TPSA) is 165 Å². The molecule has 1 aromatic heterocycles. The predicted octanol–water partition coefficient (Wildman–Crippen LogP) is 1.26. The minimum atomic E-state index is -1.11. The Morgan fingerprint density at radius 1 is 1.00 bits per heavy atom. The summed E-state index contributed by atoms with van der Waals surface area (Å²) in [6.07, 6.45) is 1.16. The van der Waals surface area contributed by atoms with Crippen molar-refractivity contribution in [1.29, 1.82) is 0 Å². The molecule has 0 spiro atoms. The number of carbonyl (C=O) groups excluding carboxylic acids is 4. The van der Waals surface area contributed by atoms with E-state index in [1.807, 2.05) is 44.2 Å². The van der Waals surface area contributed by atoms with E-state index in [2.05, 4.69) is 26.0 Å². The molecule has 2 aliphatic heterocycles. The Morgan fingerprint density at radius 3 is 2.31 bits per heavy atom. The molecule has 0 bridgehead atoms. The zero-order valence-electron chi connectivity index (χ0n) is 26.5. The summed E-state index contributed by atoms with van der Waals surface area (Å²) in [5.41, 5.74) is 0.117. The van der Waals surface area contributed by atoms with Crippen LogP contribution in [0, 0.1) is 5.92 Å². The maximum absolute atomic E-state index is 13.6. The molecule has 4 unspecified atom stereocenters. The second-order valence-corrected chi connectivity index (χ2v) is 12.2. The lowest BCUT2D eigenvalue weighted by Gasteiger charge is -2.26. The summed E-state index contributed by atoms with van der Waals surface area (Å²) >= 11 is 0. The van der Waals surface area contributed by atoms with Crippen LogP contribution in [0.5, 0.6) is 0 Å². The largest absolute Gasteiger partial charge is 0.382 e. The van der Waals surface area contributed by atoms with Gasteiger partial charge >= 0.3 is 0 Å². The van der Waals surface area contributed by atoms with Gasteiger partial charge in [-0.2, -0.15) is 0 Å². The first-order chi connectivity index (χ1) is 21.6. The number of aryl methyl sites for hydroxylation is 1. The number of nitrogens with one attached hydrogen (secondary N) is 3. The highest BCUT2D eigenvalue weighted by atomic mass is 16.6. The van der Waals surface area contributed by atoms with E-state index in [1.54, 1.807) is 13.0 Å². The summed E-state index contributed by atoms with van der Waals surface area (Å²) in [5.74, 6) is -1.27. The van der Waals surface area contributed by atoms with Crippen LogP contribution in [-0.4, -0.2) is 104 Å². The molecule has 2 fully saturated rings. The van der Waals surface area contributed by atoms with Gasteiger partial charge in [-0.25, -0.2) is 0 Å². The van der Waals surface area contributed by atoms with Crippen LogP contribution in [0.4, 0.5) is 0 Å². The van der Waals surface area contributed by atoms with Crippen molar-refractivity contribution in [2.75, 3.05) is 46.6 Å². The minimum absolute atomic E-state index is 0.0489. The van der Waals surface area contributed by atoms with Crippen LogP contribution in [0.15, 0.2) is 40.9 Å². The summed E-state index contributed by atoms with van der Waals surface area (Å²) in [5, 5.41) is 12.2. The second kappa shape index (κ2) is 16.1. The van der Waals surface area contributed by atoms with Gasteiger partial charge in [-0.15, -0.1) is 0 Å². The first-order valence-electron chi connectivity index (χ1n) is 15.5. The zero-order valence-corrected chi connectivity index (χ0v) is 26.5. The van der Waals surface area contributed by atoms with E-state index in [1.165, 1.54) is 7.11 Å². The fourth-order valence-electron chi connectivity index (χ4n) is 5.15. The molecule has 13 heteroatoms. The van der Waals surface area contributed by atoms with Crippen molar-refractivity contribution in [1.82, 2.24) is 26.0 Å². The number of epoxide rings is 1. The molecule has 1 aromatic carbocycles. The molecule has 4 atom stereocenters. The van der Waals surface area contributed by atoms with Crippen LogP contribution in [0.1, 0.15) is 55.4 Å². The molecule has 0 aliphatic carbocycles. The number of methoxy groups -OCH3 is 1. The molecule has 13 nitrogen and oxygen atoms in total. The zero-order chi connectivity index (χ0) is 32.4. The van der Waals surface area contributed by atoms with Gasteiger partial charge in [0, 0.05) is 26.3 Å². The Morgan fingerprint density at radius 2 is 1.67 bits per heavy atom. The van der Waals surface area contributed by atoms with Crippen LogP contribution in [0.3, 0.4) is 0 Å². The Hall–Kier alpha value is -3.65. The first-order valence-corrected chi connectivity index (χ1v) is 15.5. The van der Waals surface area contributed by atoms with Crippen molar-refractivity contribution in [3.05, 3.63) is 53.4 Å². The maximum atomic E-state index is 13.6. The lowest BCUT2D eigenvalue weighted by atomic mass is 9.93. The van der Waals surface area contributed by atoms with E-state index in [4.69, 9.17) is 18.7 Å². The smallest absolute Gasteiger partial charge is 0.274 e. The lowest BCUT2D eigenvalue weighted by Crippen LogP contribution is -2.58. The molecule has 2 aromatic rings. The van der Waals surface area contributed by atoms with Crippen molar-refractivity contribution < 1.29 is 37.9 Å².